The van der Waals surface area contributed by atoms with Crippen molar-refractivity contribution < 1.29 is 29.6 Å². The Bertz CT molecular complexity index is 1190. The molecule has 0 bridgehead atoms. The van der Waals surface area contributed by atoms with Gasteiger partial charge in [-0.3, -0.25) is 14.4 Å². The summed E-state index contributed by atoms with van der Waals surface area (Å²) < 4.78 is 33.8. The maximum absolute atomic E-state index is 14.3. The van der Waals surface area contributed by atoms with Crippen molar-refractivity contribution in [2.75, 3.05) is 7.11 Å². The molecule has 1 unspecified atom stereocenters. The van der Waals surface area contributed by atoms with E-state index in [0.29, 0.717) is 28.9 Å². The van der Waals surface area contributed by atoms with Gasteiger partial charge in [-0.05, 0) is 42.2 Å². The van der Waals surface area contributed by atoms with E-state index in [1.807, 2.05) is 0 Å². The van der Waals surface area contributed by atoms with Crippen LogP contribution in [0.1, 0.15) is 48.5 Å². The minimum atomic E-state index is -2.06. The first-order chi connectivity index (χ1) is 17.4. The Balaban J connectivity index is 1.72. The third-order valence-corrected chi connectivity index (χ3v) is 8.07. The monoisotopic (exact) mass is 515 g/mol. The van der Waals surface area contributed by atoms with E-state index in [9.17, 15) is 18.8 Å². The first kappa shape index (κ1) is 25.9. The lowest BCUT2D eigenvalue weighted by atomic mass is 10.0. The van der Waals surface area contributed by atoms with Crippen LogP contribution in [0.2, 0.25) is 25.7 Å². The van der Waals surface area contributed by atoms with Gasteiger partial charge in [0.25, 0.3) is 5.91 Å². The summed E-state index contributed by atoms with van der Waals surface area (Å²) in [7, 11) is 0.176. The molecule has 7 nitrogen and oxygen atoms in total. The largest absolute Gasteiger partial charge is 0.497 e. The number of carbonyl (C=O) groups is 3. The van der Waals surface area contributed by atoms with E-state index in [4.69, 9.17) is 16.6 Å². The van der Waals surface area contributed by atoms with Crippen molar-refractivity contribution in [2.24, 2.45) is 5.73 Å². The number of Topliss-reactive ketones (excluding diaryl/α,β-unsaturated/α-hetero) is 1. The molecule has 0 fully saturated rings. The minimum Gasteiger partial charge on any atom is -0.497 e. The predicted molar refractivity (Wildman–Crippen MR) is 138 cm³/mol. The zero-order valence-electron chi connectivity index (χ0n) is 22.4. The van der Waals surface area contributed by atoms with Crippen molar-refractivity contribution in [2.45, 2.75) is 70.5 Å². The third-order valence-electron chi connectivity index (χ3n) is 6.22. The summed E-state index contributed by atoms with van der Waals surface area (Å²) in [6.45, 7) is 6.66. The summed E-state index contributed by atoms with van der Waals surface area (Å²) in [5.74, 6) is -1.73. The third kappa shape index (κ3) is 6.93. The minimum absolute atomic E-state index is 0.00895. The fourth-order valence-corrected chi connectivity index (χ4v) is 5.46. The molecule has 2 N–H and O–H groups in total. The van der Waals surface area contributed by atoms with E-state index in [1.54, 1.807) is 24.3 Å². The molecule has 0 radical (unpaired) electrons. The van der Waals surface area contributed by atoms with Gasteiger partial charge in [0.1, 0.15) is 24.2 Å². The highest BCUT2D eigenvalue weighted by Crippen LogP contribution is 2.30. The number of hydrogen-bond acceptors (Lipinski definition) is 5. The average molecular weight is 516 g/mol. The molecule has 1 aliphatic heterocycles. The lowest BCUT2D eigenvalue weighted by Crippen LogP contribution is -2.45. The molecule has 3 rings (SSSR count). The summed E-state index contributed by atoms with van der Waals surface area (Å²) in [5, 5.41) is 0. The van der Waals surface area contributed by atoms with Gasteiger partial charge in [0.2, 0.25) is 5.91 Å². The highest BCUT2D eigenvalue weighted by atomic mass is 28.3. The Kier molecular flexibility index (Phi) is 8.40. The molecule has 0 saturated carbocycles. The first-order valence-electron chi connectivity index (χ1n) is 12.6. The fourth-order valence-electron chi connectivity index (χ4n) is 4.22. The Morgan fingerprint density at radius 2 is 1.97 bits per heavy atom. The van der Waals surface area contributed by atoms with Crippen molar-refractivity contribution in [1.82, 2.24) is 4.90 Å². The summed E-state index contributed by atoms with van der Waals surface area (Å²) in [4.78, 5) is 39.2. The number of ether oxygens (including phenoxy) is 2. The molecule has 0 spiro atoms. The number of benzene rings is 2. The molecule has 1 atom stereocenters. The molecule has 2 aromatic rings. The van der Waals surface area contributed by atoms with Gasteiger partial charge in [-0.15, -0.1) is 0 Å². The van der Waals surface area contributed by atoms with Crippen LogP contribution in [0.5, 0.6) is 11.5 Å². The van der Waals surface area contributed by atoms with Crippen LogP contribution in [-0.4, -0.2) is 43.7 Å². The number of nitrogens with two attached hydrogens (primary N) is 1. The lowest BCUT2D eigenvalue weighted by molar-refractivity contribution is -0.123. The van der Waals surface area contributed by atoms with E-state index in [1.165, 1.54) is 19.2 Å². The van der Waals surface area contributed by atoms with Gasteiger partial charge in [-0.1, -0.05) is 37.8 Å². The number of hydrogen-bond donors (Lipinski definition) is 1. The maximum atomic E-state index is 14.3. The van der Waals surface area contributed by atoms with Crippen LogP contribution in [-0.2, 0) is 22.7 Å². The molecule has 1 aliphatic rings. The molecule has 2 aromatic carbocycles. The van der Waals surface area contributed by atoms with Crippen LogP contribution < -0.4 is 15.2 Å². The Morgan fingerprint density at radius 3 is 2.61 bits per heavy atom. The van der Waals surface area contributed by atoms with Crippen molar-refractivity contribution in [3.8, 4) is 11.5 Å². The second-order valence-corrected chi connectivity index (χ2v) is 15.8. The Labute approximate surface area is 214 Å². The van der Waals surface area contributed by atoms with Gasteiger partial charge in [0.05, 0.1) is 8.48 Å². The van der Waals surface area contributed by atoms with Crippen molar-refractivity contribution in [1.29, 1.82) is 0 Å². The second kappa shape index (κ2) is 11.7. The molecule has 2 amide bonds. The highest BCUT2D eigenvalue weighted by Gasteiger charge is 2.36. The average Bonchev–Trinajstić information content (AvgIpc) is 3.18. The molecule has 0 aromatic heterocycles. The standard InChI is InChI=1S/C27H35FN2O5Si/c1-34-20-11-13-25(23(28)15-20)35-17-18-7-5-9-21-22(18)16-30(27(21)33)24(26(29)32)12-10-19(31)8-6-14-36(2,3)4/h5,7,9,11,13,15,24H,6,8,10,12,14,16-17H2,1-4H3,(H2,29,32)/i24D. The van der Waals surface area contributed by atoms with Crippen LogP contribution in [0, 0.1) is 5.82 Å². The fraction of sp³-hybridized carbons (Fsp3) is 0.444. The van der Waals surface area contributed by atoms with Gasteiger partial charge in [-0.25, -0.2) is 4.39 Å². The Hall–Kier alpha value is -3.20. The molecule has 194 valence electrons. The van der Waals surface area contributed by atoms with E-state index < -0.39 is 31.7 Å². The molecule has 1 heterocycles. The predicted octanol–water partition coefficient (Wildman–Crippen LogP) is 4.69. The number of fused-ring (bicyclic) bond motifs is 1. The van der Waals surface area contributed by atoms with Crippen molar-refractivity contribution in [3.05, 3.63) is 58.9 Å². The van der Waals surface area contributed by atoms with Gasteiger partial charge in [0, 0.05) is 39.1 Å². The summed E-state index contributed by atoms with van der Waals surface area (Å²) >= 11 is 0. The second-order valence-electron chi connectivity index (χ2n) is 10.2. The van der Waals surface area contributed by atoms with E-state index in [0.717, 1.165) is 17.4 Å². The summed E-state index contributed by atoms with van der Waals surface area (Å²) in [6.07, 6.45) is 0.987. The van der Waals surface area contributed by atoms with Crippen molar-refractivity contribution in [3.63, 3.8) is 0 Å². The number of rotatable bonds is 13. The number of ketones is 1. The van der Waals surface area contributed by atoms with Crippen LogP contribution in [0.15, 0.2) is 36.4 Å². The van der Waals surface area contributed by atoms with Crippen LogP contribution in [0.25, 0.3) is 0 Å². The van der Waals surface area contributed by atoms with Gasteiger partial charge in [-0.2, -0.15) is 0 Å². The number of carbonyl (C=O) groups excluding carboxylic acids is 3. The van der Waals surface area contributed by atoms with Gasteiger partial charge >= 0.3 is 0 Å². The lowest BCUT2D eigenvalue weighted by Gasteiger charge is -2.25. The van der Waals surface area contributed by atoms with Gasteiger partial charge in [0.15, 0.2) is 11.6 Å². The molecule has 36 heavy (non-hydrogen) atoms. The van der Waals surface area contributed by atoms with Gasteiger partial charge < -0.3 is 20.1 Å². The summed E-state index contributed by atoms with van der Waals surface area (Å²) in [6, 6.07) is 8.22. The molecular weight excluding hydrogens is 479 g/mol. The first-order valence-corrected chi connectivity index (χ1v) is 15.8. The topological polar surface area (TPSA) is 98.9 Å². The number of nitrogens with zero attached hydrogens (tertiary/aromatic N) is 1. The quantitative estimate of drug-likeness (QED) is 0.390. The smallest absolute Gasteiger partial charge is 0.255 e. The number of halogens is 1. The van der Waals surface area contributed by atoms with E-state index in [2.05, 4.69) is 19.6 Å². The number of methoxy groups -OCH3 is 1. The number of primary amides is 1. The SMILES string of the molecule is [2H]C(CCC(=O)CCC[Si](C)(C)C)(C(N)=O)N1Cc2c(COc3ccc(OC)cc3F)cccc2C1=O. The van der Waals surface area contributed by atoms with E-state index >= 15 is 0 Å². The van der Waals surface area contributed by atoms with E-state index in [-0.39, 0.29) is 37.5 Å². The zero-order chi connectivity index (χ0) is 27.4. The van der Waals surface area contributed by atoms with Crippen LogP contribution >= 0.6 is 0 Å². The normalized spacial score (nSPS) is 15.2. The highest BCUT2D eigenvalue weighted by molar-refractivity contribution is 6.76. The molecule has 9 heteroatoms. The van der Waals surface area contributed by atoms with Crippen LogP contribution in [0.4, 0.5) is 4.39 Å². The number of amides is 2. The Morgan fingerprint density at radius 1 is 1.22 bits per heavy atom. The zero-order valence-corrected chi connectivity index (χ0v) is 22.4. The molecular formula is C27H35FN2O5Si. The van der Waals surface area contributed by atoms with Crippen molar-refractivity contribution >= 4 is 25.7 Å². The molecule has 0 saturated heterocycles. The maximum Gasteiger partial charge on any atom is 0.255 e. The molecule has 0 aliphatic carbocycles. The summed E-state index contributed by atoms with van der Waals surface area (Å²) in [5.41, 5.74) is 7.14. The van der Waals surface area contributed by atoms with Crippen LogP contribution in [0.3, 0.4) is 0 Å².